The summed E-state index contributed by atoms with van der Waals surface area (Å²) in [5, 5.41) is 21.3. The largest absolute Gasteiger partial charge is 0.506 e. The average molecular weight is 457 g/mol. The van der Waals surface area contributed by atoms with E-state index < -0.39 is 21.4 Å². The minimum Gasteiger partial charge on any atom is -0.506 e. The van der Waals surface area contributed by atoms with Crippen LogP contribution in [0.3, 0.4) is 0 Å². The van der Waals surface area contributed by atoms with Gasteiger partial charge in [0.1, 0.15) is 5.75 Å². The number of fused-ring (bicyclic) bond motifs is 1. The summed E-state index contributed by atoms with van der Waals surface area (Å²) < 4.78 is 34.2. The van der Waals surface area contributed by atoms with Crippen molar-refractivity contribution in [2.24, 2.45) is 0 Å². The SMILES string of the molecule is CS(=O)(=O)c1ccc(F)c(O)c1.Cc1cc(Sc2ccccc2)c(O)c2ccccc12. The molecule has 0 aliphatic rings. The van der Waals surface area contributed by atoms with Crippen LogP contribution in [0, 0.1) is 12.7 Å². The van der Waals surface area contributed by atoms with Crippen molar-refractivity contribution in [3.05, 3.63) is 90.2 Å². The van der Waals surface area contributed by atoms with Gasteiger partial charge < -0.3 is 10.2 Å². The second-order valence-corrected chi connectivity index (χ2v) is 10.0. The molecule has 0 bridgehead atoms. The Morgan fingerprint density at radius 2 is 1.45 bits per heavy atom. The third-order valence-corrected chi connectivity index (χ3v) is 6.65. The number of aromatic hydroxyl groups is 2. The molecule has 2 N–H and O–H groups in total. The van der Waals surface area contributed by atoms with E-state index in [1.807, 2.05) is 42.5 Å². The van der Waals surface area contributed by atoms with Crippen molar-refractivity contribution >= 4 is 32.4 Å². The maximum absolute atomic E-state index is 12.4. The lowest BCUT2D eigenvalue weighted by Crippen LogP contribution is -1.96. The molecule has 0 unspecified atom stereocenters. The van der Waals surface area contributed by atoms with E-state index in [1.54, 1.807) is 11.8 Å². The molecule has 4 aromatic carbocycles. The molecule has 0 radical (unpaired) electrons. The van der Waals surface area contributed by atoms with Gasteiger partial charge in [-0.25, -0.2) is 12.8 Å². The first-order valence-corrected chi connectivity index (χ1v) is 12.0. The fourth-order valence-corrected chi connectivity index (χ4v) is 4.56. The van der Waals surface area contributed by atoms with Gasteiger partial charge in [0.15, 0.2) is 21.4 Å². The van der Waals surface area contributed by atoms with Crippen molar-refractivity contribution in [3.8, 4) is 11.5 Å². The van der Waals surface area contributed by atoms with Gasteiger partial charge >= 0.3 is 0 Å². The molecule has 0 saturated heterocycles. The highest BCUT2D eigenvalue weighted by molar-refractivity contribution is 7.99. The molecule has 7 heteroatoms. The summed E-state index contributed by atoms with van der Waals surface area (Å²) in [7, 11) is -3.37. The third-order valence-electron chi connectivity index (χ3n) is 4.50. The molecule has 0 atom stereocenters. The molecule has 4 aromatic rings. The number of sulfone groups is 1. The number of benzene rings is 4. The molecule has 0 spiro atoms. The van der Waals surface area contributed by atoms with Crippen LogP contribution < -0.4 is 0 Å². The number of halogens is 1. The maximum atomic E-state index is 12.4. The van der Waals surface area contributed by atoms with Gasteiger partial charge in [-0.05, 0) is 48.2 Å². The van der Waals surface area contributed by atoms with Crippen molar-refractivity contribution < 1.29 is 23.0 Å². The molecule has 0 aliphatic carbocycles. The lowest BCUT2D eigenvalue weighted by Gasteiger charge is -2.10. The third kappa shape index (κ3) is 5.57. The fraction of sp³-hybridized carbons (Fsp3) is 0.0833. The highest BCUT2D eigenvalue weighted by atomic mass is 32.2. The van der Waals surface area contributed by atoms with Crippen LogP contribution in [0.25, 0.3) is 10.8 Å². The van der Waals surface area contributed by atoms with E-state index in [-0.39, 0.29) is 4.90 Å². The number of aryl methyl sites for hydroxylation is 1. The minimum atomic E-state index is -3.37. The highest BCUT2D eigenvalue weighted by Crippen LogP contribution is 2.40. The van der Waals surface area contributed by atoms with Crippen LogP contribution in [-0.4, -0.2) is 24.9 Å². The Kier molecular flexibility index (Phi) is 6.87. The molecule has 0 aliphatic heterocycles. The molecule has 0 fully saturated rings. The maximum Gasteiger partial charge on any atom is 0.175 e. The van der Waals surface area contributed by atoms with Crippen LogP contribution in [0.5, 0.6) is 11.5 Å². The summed E-state index contributed by atoms with van der Waals surface area (Å²) in [6.45, 7) is 2.08. The normalized spacial score (nSPS) is 11.1. The van der Waals surface area contributed by atoms with Gasteiger partial charge in [0, 0.05) is 22.6 Å². The zero-order valence-electron chi connectivity index (χ0n) is 16.9. The van der Waals surface area contributed by atoms with E-state index in [4.69, 9.17) is 5.11 Å². The first kappa shape index (κ1) is 22.7. The van der Waals surface area contributed by atoms with Gasteiger partial charge in [-0.15, -0.1) is 0 Å². The predicted octanol–water partition coefficient (Wildman–Crippen LogP) is 5.94. The molecule has 4 rings (SSSR count). The molecule has 4 nitrogen and oxygen atoms in total. The van der Waals surface area contributed by atoms with E-state index in [1.165, 1.54) is 5.56 Å². The van der Waals surface area contributed by atoms with Crippen LogP contribution in [0.15, 0.2) is 93.5 Å². The summed E-state index contributed by atoms with van der Waals surface area (Å²) in [4.78, 5) is 1.94. The summed E-state index contributed by atoms with van der Waals surface area (Å²) in [6, 6.07) is 23.0. The molecular weight excluding hydrogens is 435 g/mol. The molecule has 0 saturated carbocycles. The zero-order chi connectivity index (χ0) is 22.6. The van der Waals surface area contributed by atoms with E-state index >= 15 is 0 Å². The number of hydrogen-bond acceptors (Lipinski definition) is 5. The first-order valence-electron chi connectivity index (χ1n) is 9.29. The van der Waals surface area contributed by atoms with E-state index in [2.05, 4.69) is 25.1 Å². The molecular formula is C24H21FO4S2. The highest BCUT2D eigenvalue weighted by Gasteiger charge is 2.11. The van der Waals surface area contributed by atoms with Gasteiger partial charge in [0.2, 0.25) is 0 Å². The monoisotopic (exact) mass is 456 g/mol. The van der Waals surface area contributed by atoms with Crippen molar-refractivity contribution in [1.29, 1.82) is 0 Å². The number of rotatable bonds is 3. The smallest absolute Gasteiger partial charge is 0.175 e. The molecule has 160 valence electrons. The summed E-state index contributed by atoms with van der Waals surface area (Å²) in [5.41, 5.74) is 1.19. The molecule has 31 heavy (non-hydrogen) atoms. The average Bonchev–Trinajstić information content (AvgIpc) is 2.74. The van der Waals surface area contributed by atoms with Crippen LogP contribution in [0.1, 0.15) is 5.56 Å². The predicted molar refractivity (Wildman–Crippen MR) is 122 cm³/mol. The van der Waals surface area contributed by atoms with Crippen LogP contribution in [0.2, 0.25) is 0 Å². The quantitative estimate of drug-likeness (QED) is 0.373. The van der Waals surface area contributed by atoms with E-state index in [0.29, 0.717) is 5.75 Å². The van der Waals surface area contributed by atoms with E-state index in [0.717, 1.165) is 45.0 Å². The lowest BCUT2D eigenvalue weighted by molar-refractivity contribution is 0.430. The number of phenolic OH excluding ortho intramolecular Hbond substituents is 2. The Morgan fingerprint density at radius 1 is 0.839 bits per heavy atom. The Balaban J connectivity index is 0.000000196. The second kappa shape index (κ2) is 9.41. The zero-order valence-corrected chi connectivity index (χ0v) is 18.5. The number of hydrogen-bond donors (Lipinski definition) is 2. The van der Waals surface area contributed by atoms with Crippen molar-refractivity contribution in [2.45, 2.75) is 21.6 Å². The molecule has 0 heterocycles. The second-order valence-electron chi connectivity index (χ2n) is 6.89. The Labute approximate surface area is 184 Å². The van der Waals surface area contributed by atoms with Crippen molar-refractivity contribution in [1.82, 2.24) is 0 Å². The first-order chi connectivity index (χ1) is 14.7. The van der Waals surface area contributed by atoms with Gasteiger partial charge in [-0.3, -0.25) is 0 Å². The van der Waals surface area contributed by atoms with Crippen LogP contribution in [-0.2, 0) is 9.84 Å². The van der Waals surface area contributed by atoms with Gasteiger partial charge in [0.25, 0.3) is 0 Å². The lowest BCUT2D eigenvalue weighted by atomic mass is 10.0. The van der Waals surface area contributed by atoms with Gasteiger partial charge in [0.05, 0.1) is 9.79 Å². The Morgan fingerprint density at radius 3 is 2.06 bits per heavy atom. The number of phenols is 2. The minimum absolute atomic E-state index is 0.0959. The summed E-state index contributed by atoms with van der Waals surface area (Å²) >= 11 is 1.59. The molecule has 0 amide bonds. The summed E-state index contributed by atoms with van der Waals surface area (Å²) in [5.74, 6) is -1.12. The molecule has 0 aromatic heterocycles. The van der Waals surface area contributed by atoms with Crippen LogP contribution in [0.4, 0.5) is 4.39 Å². The van der Waals surface area contributed by atoms with Gasteiger partial charge in [-0.1, -0.05) is 54.2 Å². The fourth-order valence-electron chi connectivity index (χ4n) is 2.93. The Hall–Kier alpha value is -3.03. The van der Waals surface area contributed by atoms with E-state index in [9.17, 15) is 17.9 Å². The van der Waals surface area contributed by atoms with Gasteiger partial charge in [-0.2, -0.15) is 0 Å². The van der Waals surface area contributed by atoms with Crippen LogP contribution >= 0.6 is 11.8 Å². The van der Waals surface area contributed by atoms with Crippen molar-refractivity contribution in [3.63, 3.8) is 0 Å². The Bertz CT molecular complexity index is 1320. The van der Waals surface area contributed by atoms with Crippen molar-refractivity contribution in [2.75, 3.05) is 6.26 Å². The summed E-state index contributed by atoms with van der Waals surface area (Å²) in [6.07, 6.45) is 0.986. The topological polar surface area (TPSA) is 74.6 Å². The standard InChI is InChI=1S/C17H14OS.C7H7FO3S/c1-12-11-16(19-13-7-3-2-4-8-13)17(18)15-10-6-5-9-14(12)15;1-12(10,11)5-2-3-6(8)7(9)4-5/h2-11,18H,1H3;2-4,9H,1H3.